The van der Waals surface area contributed by atoms with Gasteiger partial charge in [0.25, 0.3) is 0 Å². The molecular formula is C33H35F6N7OS. The van der Waals surface area contributed by atoms with Crippen molar-refractivity contribution in [2.45, 2.75) is 82.0 Å². The van der Waals surface area contributed by atoms with Crippen molar-refractivity contribution >= 4 is 43.4 Å². The Morgan fingerprint density at radius 1 is 1.06 bits per heavy atom. The Morgan fingerprint density at radius 2 is 1.81 bits per heavy atom. The topological polar surface area (TPSA) is 83.6 Å². The largest absolute Gasteiger partial charge is 0.461 e. The Balaban J connectivity index is 1.31. The summed E-state index contributed by atoms with van der Waals surface area (Å²) in [6.45, 7) is 6.34. The molecule has 6 heterocycles. The standard InChI is InChI=1S/C33H35F6N7OS/c1-16(2)46-18-4-5-19(46)14-44(13-18)29-21-10-22(33(37,38)39)24(20-6-7-23(35)28-27(20)41-30(40)48-28)25(36)26(21)42-31(43-29)47-15-32-8-3-9-45(32)12-17(34)11-32/h6-7,10,16-19H,3-5,8-9,11-15H2,1-2H3,(H2,40,41)/t17-,18?,19?,32+/m1/s1. The van der Waals surface area contributed by atoms with Crippen LogP contribution in [0.1, 0.15) is 51.5 Å². The minimum Gasteiger partial charge on any atom is -0.461 e. The molecule has 0 spiro atoms. The fourth-order valence-electron chi connectivity index (χ4n) is 8.78. The number of aromatic nitrogens is 3. The van der Waals surface area contributed by atoms with Crippen molar-refractivity contribution < 1.29 is 31.1 Å². The maximum atomic E-state index is 17.0. The van der Waals surface area contributed by atoms with Crippen molar-refractivity contribution in [1.29, 1.82) is 0 Å². The third kappa shape index (κ3) is 5.06. The number of alkyl halides is 4. The molecule has 8 rings (SSSR count). The highest BCUT2D eigenvalue weighted by atomic mass is 32.1. The zero-order valence-corrected chi connectivity index (χ0v) is 27.3. The number of benzene rings is 2. The second kappa shape index (κ2) is 11.3. The van der Waals surface area contributed by atoms with Crippen molar-refractivity contribution in [3.63, 3.8) is 0 Å². The number of nitrogens with two attached hydrogens (primary N) is 1. The minimum absolute atomic E-state index is 0.0654. The molecule has 4 atom stereocenters. The number of hydrogen-bond donors (Lipinski definition) is 1. The van der Waals surface area contributed by atoms with Gasteiger partial charge in [0, 0.05) is 60.7 Å². The maximum absolute atomic E-state index is 17.0. The number of ether oxygens (including phenoxy) is 1. The van der Waals surface area contributed by atoms with E-state index in [2.05, 4.69) is 38.6 Å². The van der Waals surface area contributed by atoms with E-state index in [1.54, 1.807) is 0 Å². The summed E-state index contributed by atoms with van der Waals surface area (Å²) in [7, 11) is 0. The van der Waals surface area contributed by atoms with Crippen LogP contribution in [0, 0.1) is 11.6 Å². The monoisotopic (exact) mass is 691 g/mol. The fraction of sp³-hybridized carbons (Fsp3) is 0.545. The van der Waals surface area contributed by atoms with Crippen LogP contribution in [-0.4, -0.2) is 87.4 Å². The number of piperazine rings is 1. The number of nitrogens with zero attached hydrogens (tertiary/aromatic N) is 6. The van der Waals surface area contributed by atoms with Crippen molar-refractivity contribution in [3.8, 4) is 17.1 Å². The van der Waals surface area contributed by atoms with Gasteiger partial charge in [0.15, 0.2) is 10.9 Å². The highest BCUT2D eigenvalue weighted by molar-refractivity contribution is 7.22. The summed E-state index contributed by atoms with van der Waals surface area (Å²) < 4.78 is 97.0. The van der Waals surface area contributed by atoms with Gasteiger partial charge in [-0.2, -0.15) is 23.1 Å². The average molecular weight is 692 g/mol. The first-order valence-electron chi connectivity index (χ1n) is 16.3. The summed E-state index contributed by atoms with van der Waals surface area (Å²) in [5, 5.41) is -0.167. The van der Waals surface area contributed by atoms with Crippen LogP contribution in [0.2, 0.25) is 0 Å². The van der Waals surface area contributed by atoms with E-state index in [1.807, 2.05) is 4.90 Å². The zero-order valence-electron chi connectivity index (χ0n) is 26.5. The SMILES string of the molecule is CC(C)N1C2CCC1CN(c1nc(OC[C@@]34CCCN3C[C@H](F)C4)nc3c(F)c(-c4ccc(F)c5sc(N)nc45)c(C(F)(F)F)cc13)C2. The van der Waals surface area contributed by atoms with Crippen LogP contribution >= 0.6 is 11.3 Å². The van der Waals surface area contributed by atoms with Crippen molar-refractivity contribution in [3.05, 3.63) is 35.4 Å². The van der Waals surface area contributed by atoms with Gasteiger partial charge < -0.3 is 15.4 Å². The van der Waals surface area contributed by atoms with Gasteiger partial charge in [-0.15, -0.1) is 0 Å². The highest BCUT2D eigenvalue weighted by Crippen LogP contribution is 2.47. The van der Waals surface area contributed by atoms with Crippen molar-refractivity contribution in [2.75, 3.05) is 43.4 Å². The fourth-order valence-corrected chi connectivity index (χ4v) is 9.54. The van der Waals surface area contributed by atoms with Crippen LogP contribution in [0.4, 0.5) is 37.3 Å². The molecule has 256 valence electrons. The molecule has 0 saturated carbocycles. The Labute approximate surface area is 276 Å². The van der Waals surface area contributed by atoms with Gasteiger partial charge in [-0.05, 0) is 64.3 Å². The molecule has 8 nitrogen and oxygen atoms in total. The number of nitrogen functional groups attached to an aromatic ring is 1. The summed E-state index contributed by atoms with van der Waals surface area (Å²) in [6, 6.07) is 3.35. The highest BCUT2D eigenvalue weighted by Gasteiger charge is 2.50. The first-order chi connectivity index (χ1) is 22.8. The number of anilines is 2. The molecule has 4 saturated heterocycles. The van der Waals surface area contributed by atoms with Crippen LogP contribution in [0.3, 0.4) is 0 Å². The van der Waals surface area contributed by atoms with Crippen LogP contribution < -0.4 is 15.4 Å². The van der Waals surface area contributed by atoms with E-state index in [0.29, 0.717) is 26.1 Å². The van der Waals surface area contributed by atoms with Crippen molar-refractivity contribution in [2.24, 2.45) is 0 Å². The first-order valence-corrected chi connectivity index (χ1v) is 17.2. The van der Waals surface area contributed by atoms with Crippen LogP contribution in [0.5, 0.6) is 6.01 Å². The Bertz CT molecular complexity index is 1910. The van der Waals surface area contributed by atoms with E-state index in [9.17, 15) is 22.0 Å². The molecule has 2 aromatic heterocycles. The number of thiazole rings is 1. The molecule has 4 aliphatic rings. The molecule has 2 N–H and O–H groups in total. The molecule has 2 aromatic carbocycles. The quantitative estimate of drug-likeness (QED) is 0.221. The van der Waals surface area contributed by atoms with Gasteiger partial charge in [0.1, 0.15) is 29.9 Å². The molecule has 4 aromatic rings. The molecule has 0 radical (unpaired) electrons. The molecule has 0 aliphatic carbocycles. The number of rotatable bonds is 6. The number of fused-ring (bicyclic) bond motifs is 5. The zero-order chi connectivity index (χ0) is 33.7. The second-order valence-electron chi connectivity index (χ2n) is 13.9. The third-order valence-corrected chi connectivity index (χ3v) is 11.5. The number of hydrogen-bond acceptors (Lipinski definition) is 9. The second-order valence-corrected chi connectivity index (χ2v) is 14.9. The van der Waals surface area contributed by atoms with Gasteiger partial charge in [-0.25, -0.2) is 18.2 Å². The lowest BCUT2D eigenvalue weighted by Gasteiger charge is -2.44. The summed E-state index contributed by atoms with van der Waals surface area (Å²) in [5.41, 5.74) is 2.44. The Kier molecular flexibility index (Phi) is 7.49. The molecular weight excluding hydrogens is 656 g/mol. The van der Waals surface area contributed by atoms with Gasteiger partial charge in [-0.3, -0.25) is 9.80 Å². The summed E-state index contributed by atoms with van der Waals surface area (Å²) in [5.74, 6) is -1.82. The Morgan fingerprint density at radius 3 is 2.52 bits per heavy atom. The lowest BCUT2D eigenvalue weighted by Crippen LogP contribution is -2.56. The summed E-state index contributed by atoms with van der Waals surface area (Å²) in [6.07, 6.45) is -2.24. The van der Waals surface area contributed by atoms with Gasteiger partial charge in [0.05, 0.1) is 21.3 Å². The van der Waals surface area contributed by atoms with Crippen LogP contribution in [0.25, 0.3) is 32.2 Å². The Hall–Kier alpha value is -3.43. The predicted octanol–water partition coefficient (Wildman–Crippen LogP) is 6.80. The molecule has 2 bridgehead atoms. The molecule has 48 heavy (non-hydrogen) atoms. The molecule has 15 heteroatoms. The molecule has 2 unspecified atom stereocenters. The molecule has 4 fully saturated rings. The van der Waals surface area contributed by atoms with E-state index >= 15 is 4.39 Å². The van der Waals surface area contributed by atoms with Crippen LogP contribution in [0.15, 0.2) is 18.2 Å². The minimum atomic E-state index is -5.00. The van der Waals surface area contributed by atoms with E-state index in [0.717, 1.165) is 61.8 Å². The van der Waals surface area contributed by atoms with Gasteiger partial charge >= 0.3 is 12.2 Å². The smallest absolute Gasteiger partial charge is 0.417 e. The predicted molar refractivity (Wildman–Crippen MR) is 172 cm³/mol. The third-order valence-electron chi connectivity index (χ3n) is 10.6. The van der Waals surface area contributed by atoms with Gasteiger partial charge in [0.2, 0.25) is 0 Å². The lowest BCUT2D eigenvalue weighted by atomic mass is 9.94. The number of halogens is 6. The molecule has 0 amide bonds. The average Bonchev–Trinajstić information content (AvgIpc) is 3.75. The summed E-state index contributed by atoms with van der Waals surface area (Å²) in [4.78, 5) is 19.5. The van der Waals surface area contributed by atoms with E-state index in [4.69, 9.17) is 10.5 Å². The summed E-state index contributed by atoms with van der Waals surface area (Å²) >= 11 is 0.769. The van der Waals surface area contributed by atoms with Crippen molar-refractivity contribution in [1.82, 2.24) is 24.8 Å². The molecule has 4 aliphatic heterocycles. The maximum Gasteiger partial charge on any atom is 0.417 e. The van der Waals surface area contributed by atoms with E-state index in [-0.39, 0.29) is 68.4 Å². The van der Waals surface area contributed by atoms with E-state index in [1.165, 1.54) is 0 Å². The first kappa shape index (κ1) is 31.8. The van der Waals surface area contributed by atoms with Gasteiger partial charge in [-0.1, -0.05) is 11.3 Å². The normalized spacial score (nSPS) is 26.4. The lowest BCUT2D eigenvalue weighted by molar-refractivity contribution is -0.137. The van der Waals surface area contributed by atoms with Crippen LogP contribution in [-0.2, 0) is 6.18 Å². The van der Waals surface area contributed by atoms with E-state index < -0.39 is 40.6 Å².